The molecule has 0 radical (unpaired) electrons. The Labute approximate surface area is 169 Å². The van der Waals surface area contributed by atoms with E-state index in [1.165, 1.54) is 16.9 Å². The number of hydrogen-bond acceptors (Lipinski definition) is 5. The third kappa shape index (κ3) is 4.78. The molecule has 2 aromatic carbocycles. The van der Waals surface area contributed by atoms with Crippen molar-refractivity contribution >= 4 is 17.3 Å². The van der Waals surface area contributed by atoms with Gasteiger partial charge in [0.1, 0.15) is 17.4 Å². The summed E-state index contributed by atoms with van der Waals surface area (Å²) in [5.74, 6) is -0.166. The molecule has 5 heteroatoms. The third-order valence-corrected chi connectivity index (χ3v) is 5.42. The van der Waals surface area contributed by atoms with Crippen LogP contribution in [-0.4, -0.2) is 11.0 Å². The lowest BCUT2D eigenvalue weighted by molar-refractivity contribution is -0.304. The van der Waals surface area contributed by atoms with Gasteiger partial charge in [0, 0.05) is 23.3 Å². The highest BCUT2D eigenvalue weighted by Crippen LogP contribution is 2.34. The molecule has 0 saturated carbocycles. The van der Waals surface area contributed by atoms with Crippen LogP contribution in [0, 0.1) is 6.92 Å². The van der Waals surface area contributed by atoms with E-state index in [0.717, 1.165) is 27.4 Å². The van der Waals surface area contributed by atoms with Gasteiger partial charge in [0.05, 0.1) is 5.69 Å². The summed E-state index contributed by atoms with van der Waals surface area (Å²) in [5.41, 5.74) is 4.91. The summed E-state index contributed by atoms with van der Waals surface area (Å²) in [5, 5.41) is 13.3. The highest BCUT2D eigenvalue weighted by Gasteiger charge is 2.20. The summed E-state index contributed by atoms with van der Waals surface area (Å²) in [4.78, 5) is 15.1. The molecule has 28 heavy (non-hydrogen) atoms. The molecule has 0 unspecified atom stereocenters. The molecule has 0 fully saturated rings. The van der Waals surface area contributed by atoms with Gasteiger partial charge in [0.25, 0.3) is 0 Å². The van der Waals surface area contributed by atoms with E-state index < -0.39 is 5.97 Å². The molecule has 0 N–H and O–H groups in total. The van der Waals surface area contributed by atoms with Gasteiger partial charge in [-0.1, -0.05) is 63.2 Å². The second kappa shape index (κ2) is 8.15. The van der Waals surface area contributed by atoms with Crippen molar-refractivity contribution in [3.63, 3.8) is 0 Å². The fourth-order valence-corrected chi connectivity index (χ4v) is 3.83. The van der Waals surface area contributed by atoms with Crippen molar-refractivity contribution in [1.82, 2.24) is 4.98 Å². The molecule has 0 spiro atoms. The Morgan fingerprint density at radius 3 is 2.50 bits per heavy atom. The summed E-state index contributed by atoms with van der Waals surface area (Å²) in [7, 11) is 0. The number of para-hydroxylation sites is 1. The summed E-state index contributed by atoms with van der Waals surface area (Å²) in [6.07, 6.45) is -0.158. The minimum atomic E-state index is -1.12. The topological polar surface area (TPSA) is 62.2 Å². The summed E-state index contributed by atoms with van der Waals surface area (Å²) >= 11 is 1.43. The lowest BCUT2D eigenvalue weighted by Crippen LogP contribution is -2.24. The number of carboxylic acids is 1. The zero-order valence-electron chi connectivity index (χ0n) is 16.6. The number of carbonyl (C=O) groups excluding carboxylic acids is 1. The number of aryl methyl sites for hydroxylation is 1. The van der Waals surface area contributed by atoms with Crippen LogP contribution in [0.1, 0.15) is 43.2 Å². The predicted molar refractivity (Wildman–Crippen MR) is 110 cm³/mol. The Hall–Kier alpha value is -2.66. The second-order valence-electron chi connectivity index (χ2n) is 7.88. The normalized spacial score (nSPS) is 11.4. The molecule has 0 aliphatic carbocycles. The maximum Gasteiger partial charge on any atom is 0.126 e. The molecular formula is C23H24NO3S-. The molecule has 146 valence electrons. The van der Waals surface area contributed by atoms with Gasteiger partial charge in [-0.2, -0.15) is 0 Å². The molecule has 0 aliphatic heterocycles. The number of hydrogen-bond donors (Lipinski definition) is 0. The summed E-state index contributed by atoms with van der Waals surface area (Å²) in [6.45, 7) is 9.12. The minimum absolute atomic E-state index is 0.0131. The zero-order chi connectivity index (χ0) is 20.3. The van der Waals surface area contributed by atoms with Gasteiger partial charge >= 0.3 is 0 Å². The Morgan fingerprint density at radius 2 is 1.86 bits per heavy atom. The second-order valence-corrected chi connectivity index (χ2v) is 8.74. The summed E-state index contributed by atoms with van der Waals surface area (Å²) in [6, 6.07) is 14.3. The molecule has 4 nitrogen and oxygen atoms in total. The van der Waals surface area contributed by atoms with Gasteiger partial charge in [-0.15, -0.1) is 11.3 Å². The SMILES string of the molecule is Cc1cccc(C(C)(C)C)c1OCc1ccc(-c2nc(CC(=O)[O-])cs2)cc1. The quantitative estimate of drug-likeness (QED) is 0.626. The van der Waals surface area contributed by atoms with Gasteiger partial charge in [-0.3, -0.25) is 0 Å². The van der Waals surface area contributed by atoms with Gasteiger partial charge in [-0.25, -0.2) is 4.98 Å². The minimum Gasteiger partial charge on any atom is -0.550 e. The Morgan fingerprint density at radius 1 is 1.14 bits per heavy atom. The van der Waals surface area contributed by atoms with Crippen molar-refractivity contribution in [1.29, 1.82) is 0 Å². The first-order valence-corrected chi connectivity index (χ1v) is 10.1. The van der Waals surface area contributed by atoms with E-state index in [1.54, 1.807) is 5.38 Å². The Kier molecular flexibility index (Phi) is 5.84. The van der Waals surface area contributed by atoms with Crippen LogP contribution in [-0.2, 0) is 23.2 Å². The Bertz CT molecular complexity index is 968. The van der Waals surface area contributed by atoms with E-state index in [0.29, 0.717) is 12.3 Å². The van der Waals surface area contributed by atoms with Crippen LogP contribution in [0.3, 0.4) is 0 Å². The van der Waals surface area contributed by atoms with Gasteiger partial charge in [-0.05, 0) is 29.0 Å². The van der Waals surface area contributed by atoms with Gasteiger partial charge in [0.15, 0.2) is 0 Å². The fourth-order valence-electron chi connectivity index (χ4n) is 3.00. The lowest BCUT2D eigenvalue weighted by atomic mass is 9.85. The van der Waals surface area contributed by atoms with E-state index in [9.17, 15) is 9.90 Å². The maximum atomic E-state index is 10.7. The van der Waals surface area contributed by atoms with E-state index in [4.69, 9.17) is 4.74 Å². The van der Waals surface area contributed by atoms with Crippen molar-refractivity contribution in [2.24, 2.45) is 0 Å². The van der Waals surface area contributed by atoms with Gasteiger partial charge < -0.3 is 14.6 Å². The zero-order valence-corrected chi connectivity index (χ0v) is 17.4. The highest BCUT2D eigenvalue weighted by molar-refractivity contribution is 7.13. The van der Waals surface area contributed by atoms with Crippen LogP contribution in [0.2, 0.25) is 0 Å². The van der Waals surface area contributed by atoms with Crippen LogP contribution in [0.5, 0.6) is 5.75 Å². The predicted octanol–water partition coefficient (Wildman–Crippen LogP) is 4.29. The number of aromatic nitrogens is 1. The number of thiazole rings is 1. The number of benzene rings is 2. The molecule has 0 aliphatic rings. The molecule has 1 aromatic heterocycles. The molecule has 1 heterocycles. The number of carbonyl (C=O) groups is 1. The van der Waals surface area contributed by atoms with Crippen LogP contribution in [0.25, 0.3) is 10.6 Å². The average Bonchev–Trinajstić information content (AvgIpc) is 3.08. The molecular weight excluding hydrogens is 370 g/mol. The smallest absolute Gasteiger partial charge is 0.126 e. The van der Waals surface area contributed by atoms with Crippen molar-refractivity contribution in [2.75, 3.05) is 0 Å². The molecule has 0 bridgehead atoms. The van der Waals surface area contributed by atoms with Crippen LogP contribution in [0.15, 0.2) is 47.8 Å². The standard InChI is InChI=1S/C23H25NO3S/c1-15-6-5-7-19(23(2,3)4)21(15)27-13-16-8-10-17(11-9-16)22-24-18(14-28-22)12-20(25)26/h5-11,14H,12-13H2,1-4H3,(H,25,26)/p-1. The van der Waals surface area contributed by atoms with Crippen LogP contribution < -0.4 is 9.84 Å². The van der Waals surface area contributed by atoms with E-state index >= 15 is 0 Å². The van der Waals surface area contributed by atoms with Crippen molar-refractivity contribution in [3.05, 3.63) is 70.2 Å². The molecule has 3 aromatic rings. The highest BCUT2D eigenvalue weighted by atomic mass is 32.1. The van der Waals surface area contributed by atoms with Crippen molar-refractivity contribution in [2.45, 2.75) is 46.1 Å². The number of aliphatic carboxylic acids is 1. The van der Waals surface area contributed by atoms with Crippen molar-refractivity contribution in [3.8, 4) is 16.3 Å². The fraction of sp³-hybridized carbons (Fsp3) is 0.304. The Balaban J connectivity index is 1.72. The van der Waals surface area contributed by atoms with Crippen LogP contribution in [0.4, 0.5) is 0 Å². The molecule has 0 saturated heterocycles. The average molecular weight is 395 g/mol. The monoisotopic (exact) mass is 394 g/mol. The summed E-state index contributed by atoms with van der Waals surface area (Å²) < 4.78 is 6.19. The largest absolute Gasteiger partial charge is 0.550 e. The van der Waals surface area contributed by atoms with E-state index in [-0.39, 0.29) is 11.8 Å². The van der Waals surface area contributed by atoms with Gasteiger partial charge in [0.2, 0.25) is 0 Å². The molecule has 0 amide bonds. The van der Waals surface area contributed by atoms with Crippen LogP contribution >= 0.6 is 11.3 Å². The lowest BCUT2D eigenvalue weighted by Gasteiger charge is -2.24. The maximum absolute atomic E-state index is 10.7. The number of ether oxygens (including phenoxy) is 1. The first-order valence-electron chi connectivity index (χ1n) is 9.20. The van der Waals surface area contributed by atoms with Crippen molar-refractivity contribution < 1.29 is 14.6 Å². The molecule has 3 rings (SSSR count). The first kappa shape index (κ1) is 20.1. The van der Waals surface area contributed by atoms with E-state index in [2.05, 4.69) is 50.9 Å². The first-order chi connectivity index (χ1) is 13.2. The van der Waals surface area contributed by atoms with E-state index in [1.807, 2.05) is 24.3 Å². The number of rotatable bonds is 6. The number of carboxylic acid groups (broad SMARTS) is 1. The molecule has 0 atom stereocenters. The number of nitrogens with zero attached hydrogens (tertiary/aromatic N) is 1. The third-order valence-electron chi connectivity index (χ3n) is 4.48.